The van der Waals surface area contributed by atoms with E-state index in [1.54, 1.807) is 12.1 Å². The van der Waals surface area contributed by atoms with Gasteiger partial charge in [-0.1, -0.05) is 12.1 Å². The Kier molecular flexibility index (Phi) is 2.76. The van der Waals surface area contributed by atoms with Crippen LogP contribution >= 0.6 is 0 Å². The van der Waals surface area contributed by atoms with Crippen molar-refractivity contribution in [2.24, 2.45) is 0 Å². The maximum Gasteiger partial charge on any atom is 0.220 e. The van der Waals surface area contributed by atoms with E-state index in [2.05, 4.69) is 4.98 Å². The van der Waals surface area contributed by atoms with Crippen LogP contribution in [0.2, 0.25) is 0 Å². The second-order valence-corrected chi connectivity index (χ2v) is 4.16. The van der Waals surface area contributed by atoms with Gasteiger partial charge < -0.3 is 10.2 Å². The van der Waals surface area contributed by atoms with E-state index in [0.29, 0.717) is 17.0 Å². The van der Waals surface area contributed by atoms with Gasteiger partial charge in [0.2, 0.25) is 5.89 Å². The molecule has 0 saturated heterocycles. The summed E-state index contributed by atoms with van der Waals surface area (Å²) >= 11 is 0. The first-order chi connectivity index (χ1) is 9.20. The highest BCUT2D eigenvalue weighted by Crippen LogP contribution is 2.18. The average molecular weight is 254 g/mol. The van der Waals surface area contributed by atoms with Crippen LogP contribution in [-0.2, 0) is 0 Å². The predicted molar refractivity (Wildman–Crippen MR) is 73.7 cm³/mol. The molecule has 2 aromatic carbocycles. The van der Waals surface area contributed by atoms with Crippen LogP contribution in [0.5, 0.6) is 0 Å². The van der Waals surface area contributed by atoms with Crippen LogP contribution in [0.1, 0.15) is 11.5 Å². The molecule has 3 nitrogen and oxygen atoms in total. The fourth-order valence-electron chi connectivity index (χ4n) is 1.76. The second-order valence-electron chi connectivity index (χ2n) is 4.16. The summed E-state index contributed by atoms with van der Waals surface area (Å²) < 4.78 is 18.5. The van der Waals surface area contributed by atoms with Crippen LogP contribution in [0.15, 0.2) is 46.9 Å². The second kappa shape index (κ2) is 4.57. The number of hydrogen-bond donors (Lipinski definition) is 1. The molecule has 0 saturated carbocycles. The summed E-state index contributed by atoms with van der Waals surface area (Å²) in [7, 11) is 0. The maximum atomic E-state index is 13.0. The average Bonchev–Trinajstić information content (AvgIpc) is 2.80. The summed E-state index contributed by atoms with van der Waals surface area (Å²) in [5, 5.41) is 0. The molecule has 0 aliphatic heterocycles. The van der Waals surface area contributed by atoms with Crippen LogP contribution in [0.4, 0.5) is 10.1 Å². The highest BCUT2D eigenvalue weighted by molar-refractivity contribution is 5.76. The Labute approximate surface area is 109 Å². The number of nitrogens with two attached hydrogens (primary N) is 1. The van der Waals surface area contributed by atoms with Gasteiger partial charge in [0, 0.05) is 17.8 Å². The Morgan fingerprint density at radius 3 is 2.63 bits per heavy atom. The number of anilines is 1. The minimum absolute atomic E-state index is 0.324. The molecule has 0 spiro atoms. The first-order valence-corrected chi connectivity index (χ1v) is 5.80. The monoisotopic (exact) mass is 254 g/mol. The predicted octanol–water partition coefficient (Wildman–Crippen LogP) is 3.72. The molecule has 0 amide bonds. The van der Waals surface area contributed by atoms with Crippen LogP contribution in [0, 0.1) is 5.82 Å². The first kappa shape index (κ1) is 11.5. The molecule has 3 aromatic rings. The zero-order chi connectivity index (χ0) is 13.2. The molecule has 0 unspecified atom stereocenters. The lowest BCUT2D eigenvalue weighted by Gasteiger charge is -1.93. The minimum Gasteiger partial charge on any atom is -0.437 e. The van der Waals surface area contributed by atoms with Crippen LogP contribution in [-0.4, -0.2) is 4.98 Å². The van der Waals surface area contributed by atoms with Gasteiger partial charge in [0.1, 0.15) is 11.3 Å². The molecule has 0 aliphatic rings. The summed E-state index contributed by atoms with van der Waals surface area (Å²) in [5.41, 5.74) is 8.39. The molecule has 3 rings (SSSR count). The number of aromatic nitrogens is 1. The van der Waals surface area contributed by atoms with E-state index in [1.165, 1.54) is 12.1 Å². The van der Waals surface area contributed by atoms with E-state index in [4.69, 9.17) is 10.2 Å². The highest BCUT2D eigenvalue weighted by Gasteiger charge is 2.03. The third kappa shape index (κ3) is 2.47. The van der Waals surface area contributed by atoms with Gasteiger partial charge in [-0.05, 0) is 35.9 Å². The maximum absolute atomic E-state index is 13.0. The van der Waals surface area contributed by atoms with Crippen molar-refractivity contribution < 1.29 is 8.81 Å². The van der Waals surface area contributed by atoms with Crippen molar-refractivity contribution in [2.45, 2.75) is 0 Å². The summed E-state index contributed by atoms with van der Waals surface area (Å²) in [6, 6.07) is 11.7. The number of nitrogens with zero attached hydrogens (tertiary/aromatic N) is 1. The number of hydrogen-bond acceptors (Lipinski definition) is 3. The number of rotatable bonds is 2. The third-order valence-corrected chi connectivity index (χ3v) is 2.72. The largest absolute Gasteiger partial charge is 0.437 e. The molecule has 4 heteroatoms. The van der Waals surface area contributed by atoms with E-state index in [-0.39, 0.29) is 5.82 Å². The Morgan fingerprint density at radius 2 is 1.84 bits per heavy atom. The summed E-state index contributed by atoms with van der Waals surface area (Å²) in [4.78, 5) is 4.19. The molecule has 0 aliphatic carbocycles. The van der Waals surface area contributed by atoms with Gasteiger partial charge in [-0.2, -0.15) is 0 Å². The molecular formula is C15H11FN2O. The van der Waals surface area contributed by atoms with E-state index < -0.39 is 0 Å². The number of halogens is 1. The smallest absolute Gasteiger partial charge is 0.220 e. The zero-order valence-electron chi connectivity index (χ0n) is 10.0. The number of oxazole rings is 1. The van der Waals surface area contributed by atoms with Gasteiger partial charge in [-0.15, -0.1) is 0 Å². The van der Waals surface area contributed by atoms with Crippen molar-refractivity contribution in [1.29, 1.82) is 0 Å². The number of nitrogen functional groups attached to an aromatic ring is 1. The fraction of sp³-hybridized carbons (Fsp3) is 0. The molecular weight excluding hydrogens is 243 g/mol. The molecule has 1 aromatic heterocycles. The van der Waals surface area contributed by atoms with Crippen LogP contribution in [0.25, 0.3) is 23.3 Å². The van der Waals surface area contributed by atoms with Gasteiger partial charge in [0.25, 0.3) is 0 Å². The molecule has 0 bridgehead atoms. The molecule has 0 atom stereocenters. The molecule has 0 fully saturated rings. The van der Waals surface area contributed by atoms with Crippen LogP contribution in [0.3, 0.4) is 0 Å². The summed E-state index contributed by atoms with van der Waals surface area (Å²) in [6.45, 7) is 0. The van der Waals surface area contributed by atoms with Gasteiger partial charge in [0.05, 0.1) is 0 Å². The molecule has 0 radical (unpaired) electrons. The lowest BCUT2D eigenvalue weighted by Crippen LogP contribution is -1.82. The number of benzene rings is 2. The topological polar surface area (TPSA) is 52.0 Å². The Morgan fingerprint density at radius 1 is 1.05 bits per heavy atom. The fourth-order valence-corrected chi connectivity index (χ4v) is 1.76. The third-order valence-electron chi connectivity index (χ3n) is 2.72. The van der Waals surface area contributed by atoms with Crippen LogP contribution < -0.4 is 5.73 Å². The highest BCUT2D eigenvalue weighted by atomic mass is 19.1. The Balaban J connectivity index is 1.90. The van der Waals surface area contributed by atoms with E-state index >= 15 is 0 Å². The Bertz CT molecular complexity index is 744. The van der Waals surface area contributed by atoms with Crippen molar-refractivity contribution in [1.82, 2.24) is 4.98 Å². The summed E-state index contributed by atoms with van der Waals surface area (Å²) in [6.07, 6.45) is 3.60. The minimum atomic E-state index is -0.324. The van der Waals surface area contributed by atoms with Gasteiger partial charge >= 0.3 is 0 Å². The molecule has 19 heavy (non-hydrogen) atoms. The van der Waals surface area contributed by atoms with E-state index in [1.807, 2.05) is 30.3 Å². The zero-order valence-corrected chi connectivity index (χ0v) is 10.0. The lowest BCUT2D eigenvalue weighted by atomic mass is 10.2. The van der Waals surface area contributed by atoms with Crippen molar-refractivity contribution >= 4 is 28.9 Å². The molecule has 2 N–H and O–H groups in total. The quantitative estimate of drug-likeness (QED) is 0.709. The summed E-state index contributed by atoms with van der Waals surface area (Å²) in [5.74, 6) is 0.118. The van der Waals surface area contributed by atoms with Crippen molar-refractivity contribution in [3.05, 3.63) is 59.7 Å². The lowest BCUT2D eigenvalue weighted by molar-refractivity contribution is 0.588. The van der Waals surface area contributed by atoms with E-state index in [0.717, 1.165) is 11.3 Å². The van der Waals surface area contributed by atoms with Gasteiger partial charge in [-0.3, -0.25) is 0 Å². The molecule has 1 heterocycles. The van der Waals surface area contributed by atoms with Gasteiger partial charge in [-0.25, -0.2) is 9.37 Å². The Hall–Kier alpha value is -2.62. The van der Waals surface area contributed by atoms with Crippen molar-refractivity contribution in [3.63, 3.8) is 0 Å². The van der Waals surface area contributed by atoms with Gasteiger partial charge in [0.15, 0.2) is 5.58 Å². The van der Waals surface area contributed by atoms with Crippen molar-refractivity contribution in [3.8, 4) is 0 Å². The SMILES string of the molecule is Nc1ccc(/C=C/c2nc3cc(F)ccc3o2)cc1. The van der Waals surface area contributed by atoms with E-state index in [9.17, 15) is 4.39 Å². The molecule has 94 valence electrons. The first-order valence-electron chi connectivity index (χ1n) is 5.80. The number of fused-ring (bicyclic) bond motifs is 1. The normalized spacial score (nSPS) is 11.4. The van der Waals surface area contributed by atoms with Crippen molar-refractivity contribution in [2.75, 3.05) is 5.73 Å². The standard InChI is InChI=1S/C15H11FN2O/c16-11-4-7-14-13(9-11)18-15(19-14)8-3-10-1-5-12(17)6-2-10/h1-9H,17H2/b8-3+.